The molecule has 0 saturated carbocycles. The smallest absolute Gasteiger partial charge is 0.220 e. The SMILES string of the molecule is CSC(C)(C)CCC(=O)NCCCCCCOP(C)(=O)[O-]. The number of carbonyl (C=O) groups excluding carboxylic acids is 1. The van der Waals surface area contributed by atoms with Gasteiger partial charge < -0.3 is 19.3 Å². The van der Waals surface area contributed by atoms with Gasteiger partial charge in [-0.3, -0.25) is 4.79 Å². The largest absolute Gasteiger partial charge is 0.779 e. The summed E-state index contributed by atoms with van der Waals surface area (Å²) in [5.41, 5.74) is 0. The van der Waals surface area contributed by atoms with Crippen molar-refractivity contribution in [3.05, 3.63) is 0 Å². The van der Waals surface area contributed by atoms with E-state index in [1.54, 1.807) is 11.8 Å². The second-order valence-electron chi connectivity index (χ2n) is 5.83. The zero-order valence-electron chi connectivity index (χ0n) is 13.6. The summed E-state index contributed by atoms with van der Waals surface area (Å²) in [7, 11) is -3.57. The fourth-order valence-electron chi connectivity index (χ4n) is 1.64. The van der Waals surface area contributed by atoms with E-state index in [0.717, 1.165) is 38.8 Å². The highest BCUT2D eigenvalue weighted by Crippen LogP contribution is 2.31. The van der Waals surface area contributed by atoms with Crippen molar-refractivity contribution in [2.45, 2.75) is 57.1 Å². The Morgan fingerprint density at radius 1 is 1.29 bits per heavy atom. The first-order valence-electron chi connectivity index (χ1n) is 7.41. The fraction of sp³-hybridized carbons (Fsp3) is 0.929. The van der Waals surface area contributed by atoms with Gasteiger partial charge in [0.1, 0.15) is 7.60 Å². The van der Waals surface area contributed by atoms with E-state index in [9.17, 15) is 14.3 Å². The minimum atomic E-state index is -3.57. The van der Waals surface area contributed by atoms with Gasteiger partial charge in [0.05, 0.1) is 6.61 Å². The molecule has 1 amide bonds. The van der Waals surface area contributed by atoms with Crippen LogP contribution in [0.25, 0.3) is 0 Å². The Hall–Kier alpha value is -0.0300. The van der Waals surface area contributed by atoms with Gasteiger partial charge in [0.15, 0.2) is 0 Å². The summed E-state index contributed by atoms with van der Waals surface area (Å²) in [5, 5.41) is 2.92. The predicted molar refractivity (Wildman–Crippen MR) is 87.8 cm³/mol. The van der Waals surface area contributed by atoms with Crippen LogP contribution in [0.15, 0.2) is 0 Å². The van der Waals surface area contributed by atoms with Gasteiger partial charge in [0.25, 0.3) is 0 Å². The molecule has 7 heteroatoms. The van der Waals surface area contributed by atoms with Crippen molar-refractivity contribution in [3.63, 3.8) is 0 Å². The summed E-state index contributed by atoms with van der Waals surface area (Å²) in [5.74, 6) is 0.110. The maximum Gasteiger partial charge on any atom is 0.220 e. The molecule has 5 nitrogen and oxygen atoms in total. The van der Waals surface area contributed by atoms with E-state index < -0.39 is 7.60 Å². The summed E-state index contributed by atoms with van der Waals surface area (Å²) in [6.45, 7) is 6.32. The highest BCUT2D eigenvalue weighted by atomic mass is 32.2. The Morgan fingerprint density at radius 3 is 2.48 bits per heavy atom. The van der Waals surface area contributed by atoms with Crippen molar-refractivity contribution in [2.24, 2.45) is 0 Å². The lowest BCUT2D eigenvalue weighted by atomic mass is 10.1. The lowest BCUT2D eigenvalue weighted by Crippen LogP contribution is -2.26. The molecule has 126 valence electrons. The van der Waals surface area contributed by atoms with E-state index in [0.29, 0.717) is 13.0 Å². The molecule has 0 aliphatic carbocycles. The van der Waals surface area contributed by atoms with Gasteiger partial charge in [-0.1, -0.05) is 26.7 Å². The maximum absolute atomic E-state index is 11.6. The summed E-state index contributed by atoms with van der Waals surface area (Å²) in [4.78, 5) is 22.4. The molecule has 1 N–H and O–H groups in total. The topological polar surface area (TPSA) is 78.5 Å². The van der Waals surface area contributed by atoms with Crippen LogP contribution in [0.3, 0.4) is 0 Å². The number of amides is 1. The lowest BCUT2D eigenvalue weighted by Gasteiger charge is -2.21. The Bertz CT molecular complexity index is 344. The standard InChI is InChI=1S/C14H30NO4PS/c1-14(2,21-4)10-9-13(16)15-11-7-5-6-8-12-19-20(3,17)18/h5-12H2,1-4H3,(H,15,16)(H,17,18)/p-1. The molecule has 0 aliphatic heterocycles. The maximum atomic E-state index is 11.6. The normalized spacial score (nSPS) is 14.7. The fourth-order valence-corrected chi connectivity index (χ4v) is 2.41. The van der Waals surface area contributed by atoms with Crippen molar-refractivity contribution in [3.8, 4) is 0 Å². The molecule has 0 aromatic heterocycles. The molecule has 0 radical (unpaired) electrons. The zero-order chi connectivity index (χ0) is 16.4. The number of nitrogens with one attached hydrogen (secondary N) is 1. The summed E-state index contributed by atoms with van der Waals surface area (Å²) < 4.78 is 15.6. The van der Waals surface area contributed by atoms with Crippen LogP contribution in [-0.2, 0) is 13.9 Å². The third kappa shape index (κ3) is 14.7. The first-order chi connectivity index (χ1) is 9.66. The Labute approximate surface area is 133 Å². The first-order valence-corrected chi connectivity index (χ1v) is 10.6. The molecule has 0 bridgehead atoms. The van der Waals surface area contributed by atoms with Crippen LogP contribution in [0.5, 0.6) is 0 Å². The van der Waals surface area contributed by atoms with Crippen molar-refractivity contribution < 1.29 is 18.8 Å². The van der Waals surface area contributed by atoms with Crippen molar-refractivity contribution in [1.29, 1.82) is 0 Å². The molecule has 0 fully saturated rings. The Kier molecular flexibility index (Phi) is 10.6. The number of carbonyl (C=O) groups is 1. The van der Waals surface area contributed by atoms with E-state index in [1.165, 1.54) is 0 Å². The minimum Gasteiger partial charge on any atom is -0.779 e. The molecular weight excluding hydrogens is 309 g/mol. The van der Waals surface area contributed by atoms with E-state index in [2.05, 4.69) is 29.9 Å². The van der Waals surface area contributed by atoms with E-state index >= 15 is 0 Å². The van der Waals surface area contributed by atoms with Crippen molar-refractivity contribution >= 4 is 25.3 Å². The summed E-state index contributed by atoms with van der Waals surface area (Å²) in [6, 6.07) is 0. The number of unbranched alkanes of at least 4 members (excludes halogenated alkanes) is 3. The second-order valence-corrected chi connectivity index (χ2v) is 9.15. The molecule has 0 aromatic rings. The average Bonchev–Trinajstić information content (AvgIpc) is 2.38. The average molecular weight is 338 g/mol. The van der Waals surface area contributed by atoms with Crippen LogP contribution < -0.4 is 10.2 Å². The zero-order valence-corrected chi connectivity index (χ0v) is 15.4. The lowest BCUT2D eigenvalue weighted by molar-refractivity contribution is -0.196. The number of thioether (sulfide) groups is 1. The third-order valence-electron chi connectivity index (χ3n) is 3.23. The molecular formula is C14H29NO4PS-. The quantitative estimate of drug-likeness (QED) is 0.437. The summed E-state index contributed by atoms with van der Waals surface area (Å²) in [6.07, 6.45) is 7.03. The summed E-state index contributed by atoms with van der Waals surface area (Å²) >= 11 is 1.78. The van der Waals surface area contributed by atoms with Gasteiger partial charge in [0.2, 0.25) is 5.91 Å². The highest BCUT2D eigenvalue weighted by molar-refractivity contribution is 7.99. The number of rotatable bonds is 12. The number of hydrogen-bond acceptors (Lipinski definition) is 5. The van der Waals surface area contributed by atoms with Gasteiger partial charge in [-0.15, -0.1) is 0 Å². The van der Waals surface area contributed by atoms with Gasteiger partial charge in [-0.25, -0.2) is 0 Å². The predicted octanol–water partition coefficient (Wildman–Crippen LogP) is 2.78. The molecule has 0 saturated heterocycles. The molecule has 1 unspecified atom stereocenters. The number of hydrogen-bond donors (Lipinski definition) is 1. The van der Waals surface area contributed by atoms with E-state index in [4.69, 9.17) is 0 Å². The third-order valence-corrected chi connectivity index (χ3v) is 5.19. The molecule has 0 spiro atoms. The van der Waals surface area contributed by atoms with Crippen LogP contribution in [-0.4, -0.2) is 36.7 Å². The molecule has 0 rings (SSSR count). The van der Waals surface area contributed by atoms with Gasteiger partial charge in [-0.2, -0.15) is 11.8 Å². The van der Waals surface area contributed by atoms with Crippen molar-refractivity contribution in [1.82, 2.24) is 5.32 Å². The van der Waals surface area contributed by atoms with Gasteiger partial charge >= 0.3 is 0 Å². The molecule has 0 aromatic carbocycles. The Morgan fingerprint density at radius 2 is 1.90 bits per heavy atom. The van der Waals surface area contributed by atoms with Crippen molar-refractivity contribution in [2.75, 3.05) is 26.1 Å². The second kappa shape index (κ2) is 10.7. The van der Waals surface area contributed by atoms with Crippen LogP contribution in [0, 0.1) is 0 Å². The molecule has 0 heterocycles. The van der Waals surface area contributed by atoms with Gasteiger partial charge in [0, 0.05) is 24.4 Å². The van der Waals surface area contributed by atoms with E-state index in [-0.39, 0.29) is 17.3 Å². The van der Waals surface area contributed by atoms with Crippen LogP contribution in [0.4, 0.5) is 0 Å². The van der Waals surface area contributed by atoms with Crippen LogP contribution in [0.1, 0.15) is 52.4 Å². The highest BCUT2D eigenvalue weighted by Gasteiger charge is 2.17. The van der Waals surface area contributed by atoms with E-state index in [1.807, 2.05) is 0 Å². The Balaban J connectivity index is 3.43. The first kappa shape index (κ1) is 21.0. The monoisotopic (exact) mass is 338 g/mol. The molecule has 0 aliphatic rings. The van der Waals surface area contributed by atoms with Crippen LogP contribution in [0.2, 0.25) is 0 Å². The molecule has 1 atom stereocenters. The van der Waals surface area contributed by atoms with Crippen LogP contribution >= 0.6 is 19.4 Å². The minimum absolute atomic E-state index is 0.110. The van der Waals surface area contributed by atoms with Gasteiger partial charge in [-0.05, 0) is 25.5 Å². The molecule has 21 heavy (non-hydrogen) atoms.